The minimum absolute atomic E-state index is 0.403. The SMILES string of the molecule is COc1cc(-c2nnc(CN3CCN(c4ncccn4)CC3)o2)cc(OC)c1OC. The van der Waals surface area contributed by atoms with Crippen LogP contribution in [0, 0.1) is 0 Å². The van der Waals surface area contributed by atoms with Crippen LogP contribution in [0.5, 0.6) is 17.2 Å². The summed E-state index contributed by atoms with van der Waals surface area (Å²) in [5, 5.41) is 8.40. The van der Waals surface area contributed by atoms with Gasteiger partial charge in [0.2, 0.25) is 23.5 Å². The Labute approximate surface area is 174 Å². The molecular weight excluding hydrogens is 388 g/mol. The number of methoxy groups -OCH3 is 3. The molecule has 4 rings (SSSR count). The van der Waals surface area contributed by atoms with Gasteiger partial charge in [-0.15, -0.1) is 10.2 Å². The Morgan fingerprint density at radius 1 is 0.900 bits per heavy atom. The highest BCUT2D eigenvalue weighted by atomic mass is 16.5. The van der Waals surface area contributed by atoms with Gasteiger partial charge in [-0.25, -0.2) is 9.97 Å². The van der Waals surface area contributed by atoms with Crippen LogP contribution in [-0.4, -0.2) is 72.6 Å². The standard InChI is InChI=1S/C20H24N6O4/c1-27-15-11-14(12-16(28-2)18(15)29-3)19-24-23-17(30-19)13-25-7-9-26(10-8-25)20-21-5-4-6-22-20/h4-6,11-12H,7-10,13H2,1-3H3. The Bertz CT molecular complexity index is 947. The van der Waals surface area contributed by atoms with Crippen molar-refractivity contribution >= 4 is 5.95 Å². The van der Waals surface area contributed by atoms with E-state index in [0.29, 0.717) is 41.1 Å². The van der Waals surface area contributed by atoms with Crippen molar-refractivity contribution in [3.05, 3.63) is 36.5 Å². The largest absolute Gasteiger partial charge is 0.493 e. The van der Waals surface area contributed by atoms with Crippen molar-refractivity contribution in [2.75, 3.05) is 52.4 Å². The fourth-order valence-electron chi connectivity index (χ4n) is 3.39. The molecule has 2 aromatic heterocycles. The summed E-state index contributed by atoms with van der Waals surface area (Å²) in [5.41, 5.74) is 0.703. The molecule has 3 heterocycles. The van der Waals surface area contributed by atoms with Gasteiger partial charge in [-0.2, -0.15) is 0 Å². The molecule has 0 bridgehead atoms. The van der Waals surface area contributed by atoms with Gasteiger partial charge in [-0.05, 0) is 18.2 Å². The summed E-state index contributed by atoms with van der Waals surface area (Å²) in [6.07, 6.45) is 3.52. The predicted molar refractivity (Wildman–Crippen MR) is 109 cm³/mol. The highest BCUT2D eigenvalue weighted by Crippen LogP contribution is 2.40. The van der Waals surface area contributed by atoms with E-state index in [9.17, 15) is 0 Å². The zero-order valence-corrected chi connectivity index (χ0v) is 17.2. The van der Waals surface area contributed by atoms with Gasteiger partial charge >= 0.3 is 0 Å². The third kappa shape index (κ3) is 4.13. The first-order valence-corrected chi connectivity index (χ1v) is 9.59. The first-order chi connectivity index (χ1) is 14.7. The molecule has 0 atom stereocenters. The topological polar surface area (TPSA) is 98.9 Å². The van der Waals surface area contributed by atoms with Crippen molar-refractivity contribution in [2.45, 2.75) is 6.54 Å². The Balaban J connectivity index is 1.43. The maximum Gasteiger partial charge on any atom is 0.248 e. The molecule has 1 aliphatic rings. The van der Waals surface area contributed by atoms with Crippen LogP contribution in [0.3, 0.4) is 0 Å². The molecule has 0 radical (unpaired) electrons. The predicted octanol–water partition coefficient (Wildman–Crippen LogP) is 1.87. The molecule has 1 aliphatic heterocycles. The van der Waals surface area contributed by atoms with Crippen LogP contribution in [0.1, 0.15) is 5.89 Å². The first-order valence-electron chi connectivity index (χ1n) is 9.59. The number of hydrogen-bond acceptors (Lipinski definition) is 10. The summed E-state index contributed by atoms with van der Waals surface area (Å²) in [6, 6.07) is 5.40. The second kappa shape index (κ2) is 8.95. The number of hydrogen-bond donors (Lipinski definition) is 0. The van der Waals surface area contributed by atoms with Crippen LogP contribution < -0.4 is 19.1 Å². The number of nitrogens with zero attached hydrogens (tertiary/aromatic N) is 6. The number of anilines is 1. The molecule has 1 aromatic carbocycles. The Kier molecular flexibility index (Phi) is 5.94. The van der Waals surface area contributed by atoms with Crippen LogP contribution in [0.25, 0.3) is 11.5 Å². The van der Waals surface area contributed by atoms with E-state index in [0.717, 1.165) is 32.1 Å². The number of benzene rings is 1. The second-order valence-corrected chi connectivity index (χ2v) is 6.73. The van der Waals surface area contributed by atoms with Gasteiger partial charge in [0.1, 0.15) is 0 Å². The maximum atomic E-state index is 5.90. The average Bonchev–Trinajstić information content (AvgIpc) is 3.27. The molecule has 3 aromatic rings. The lowest BCUT2D eigenvalue weighted by atomic mass is 10.2. The molecule has 0 saturated carbocycles. The molecule has 1 saturated heterocycles. The lowest BCUT2D eigenvalue weighted by molar-refractivity contribution is 0.226. The summed E-state index contributed by atoms with van der Waals surface area (Å²) in [5.74, 6) is 3.31. The fraction of sp³-hybridized carbons (Fsp3) is 0.400. The smallest absolute Gasteiger partial charge is 0.248 e. The molecule has 0 spiro atoms. The normalized spacial score (nSPS) is 14.6. The van der Waals surface area contributed by atoms with Crippen molar-refractivity contribution in [1.29, 1.82) is 0 Å². The summed E-state index contributed by atoms with van der Waals surface area (Å²) >= 11 is 0. The number of aromatic nitrogens is 4. The van der Waals surface area contributed by atoms with Crippen LogP contribution in [-0.2, 0) is 6.54 Å². The molecule has 158 valence electrons. The Hall–Kier alpha value is -3.40. The Morgan fingerprint density at radius 3 is 2.17 bits per heavy atom. The van der Waals surface area contributed by atoms with Crippen LogP contribution >= 0.6 is 0 Å². The van der Waals surface area contributed by atoms with E-state index in [-0.39, 0.29) is 0 Å². The molecule has 0 aliphatic carbocycles. The van der Waals surface area contributed by atoms with Crippen LogP contribution in [0.4, 0.5) is 5.95 Å². The third-order valence-electron chi connectivity index (χ3n) is 4.94. The third-order valence-corrected chi connectivity index (χ3v) is 4.94. The van der Waals surface area contributed by atoms with E-state index in [2.05, 4.69) is 30.0 Å². The average molecular weight is 412 g/mol. The molecular formula is C20H24N6O4. The molecule has 1 fully saturated rings. The van der Waals surface area contributed by atoms with Gasteiger partial charge in [-0.3, -0.25) is 4.90 Å². The van der Waals surface area contributed by atoms with Gasteiger partial charge in [0.05, 0.1) is 27.9 Å². The summed E-state index contributed by atoms with van der Waals surface area (Å²) in [6.45, 7) is 4.00. The van der Waals surface area contributed by atoms with E-state index in [1.807, 2.05) is 6.07 Å². The van der Waals surface area contributed by atoms with Crippen molar-refractivity contribution in [3.8, 4) is 28.7 Å². The first kappa shape index (κ1) is 19.9. The minimum atomic E-state index is 0.403. The molecule has 10 heteroatoms. The van der Waals surface area contributed by atoms with E-state index in [1.54, 1.807) is 45.9 Å². The molecule has 10 nitrogen and oxygen atoms in total. The number of piperazine rings is 1. The molecule has 30 heavy (non-hydrogen) atoms. The van der Waals surface area contributed by atoms with E-state index in [1.165, 1.54) is 0 Å². The van der Waals surface area contributed by atoms with E-state index in [4.69, 9.17) is 18.6 Å². The number of rotatable bonds is 7. The highest BCUT2D eigenvalue weighted by Gasteiger charge is 2.22. The molecule has 0 unspecified atom stereocenters. The van der Waals surface area contributed by atoms with Gasteiger partial charge in [-0.1, -0.05) is 0 Å². The monoisotopic (exact) mass is 412 g/mol. The lowest BCUT2D eigenvalue weighted by Gasteiger charge is -2.33. The molecule has 0 amide bonds. The lowest BCUT2D eigenvalue weighted by Crippen LogP contribution is -2.46. The van der Waals surface area contributed by atoms with Gasteiger partial charge < -0.3 is 23.5 Å². The van der Waals surface area contributed by atoms with Gasteiger partial charge in [0.15, 0.2) is 11.5 Å². The van der Waals surface area contributed by atoms with Gasteiger partial charge in [0.25, 0.3) is 0 Å². The zero-order chi connectivity index (χ0) is 20.9. The quantitative estimate of drug-likeness (QED) is 0.572. The summed E-state index contributed by atoms with van der Waals surface area (Å²) in [4.78, 5) is 13.1. The van der Waals surface area contributed by atoms with E-state index < -0.39 is 0 Å². The van der Waals surface area contributed by atoms with Crippen LogP contribution in [0.2, 0.25) is 0 Å². The van der Waals surface area contributed by atoms with Crippen molar-refractivity contribution in [3.63, 3.8) is 0 Å². The fourth-order valence-corrected chi connectivity index (χ4v) is 3.39. The summed E-state index contributed by atoms with van der Waals surface area (Å²) in [7, 11) is 4.70. The Morgan fingerprint density at radius 2 is 1.57 bits per heavy atom. The highest BCUT2D eigenvalue weighted by molar-refractivity contribution is 5.65. The zero-order valence-electron chi connectivity index (χ0n) is 17.2. The molecule has 0 N–H and O–H groups in total. The van der Waals surface area contributed by atoms with Crippen molar-refractivity contribution in [1.82, 2.24) is 25.1 Å². The van der Waals surface area contributed by atoms with Crippen molar-refractivity contribution < 1.29 is 18.6 Å². The maximum absolute atomic E-state index is 5.90. The van der Waals surface area contributed by atoms with Crippen molar-refractivity contribution in [2.24, 2.45) is 0 Å². The second-order valence-electron chi connectivity index (χ2n) is 6.73. The van der Waals surface area contributed by atoms with Gasteiger partial charge in [0, 0.05) is 44.1 Å². The van der Waals surface area contributed by atoms with E-state index >= 15 is 0 Å². The minimum Gasteiger partial charge on any atom is -0.493 e. The van der Waals surface area contributed by atoms with Crippen LogP contribution in [0.15, 0.2) is 35.0 Å². The number of ether oxygens (including phenoxy) is 3. The summed E-state index contributed by atoms with van der Waals surface area (Å²) < 4.78 is 22.1.